The highest BCUT2D eigenvalue weighted by atomic mass is 79.9. The summed E-state index contributed by atoms with van der Waals surface area (Å²) in [5.41, 5.74) is 0. The van der Waals surface area contributed by atoms with Gasteiger partial charge in [-0.25, -0.2) is 4.79 Å². The lowest BCUT2D eigenvalue weighted by molar-refractivity contribution is -0.220. The molecular formula is C8H12BrNO4. The molecule has 1 fully saturated rings. The number of aliphatic hydroxyl groups is 1. The maximum atomic E-state index is 11.1. The first kappa shape index (κ1) is 11.5. The van der Waals surface area contributed by atoms with Gasteiger partial charge in [-0.05, 0) is 6.42 Å². The summed E-state index contributed by atoms with van der Waals surface area (Å²) in [6.07, 6.45) is 0.464. The van der Waals surface area contributed by atoms with Crippen LogP contribution in [0.25, 0.3) is 0 Å². The fourth-order valence-electron chi connectivity index (χ4n) is 1.12. The number of amides is 1. The van der Waals surface area contributed by atoms with Crippen LogP contribution in [0.4, 0.5) is 0 Å². The van der Waals surface area contributed by atoms with Crippen LogP contribution in [0.15, 0.2) is 0 Å². The molecule has 0 aromatic rings. The summed E-state index contributed by atoms with van der Waals surface area (Å²) in [7, 11) is 0. The third kappa shape index (κ3) is 2.95. The van der Waals surface area contributed by atoms with Crippen LogP contribution in [0.3, 0.4) is 0 Å². The van der Waals surface area contributed by atoms with Gasteiger partial charge in [-0.1, -0.05) is 15.9 Å². The summed E-state index contributed by atoms with van der Waals surface area (Å²) >= 11 is 3.18. The Morgan fingerprint density at radius 1 is 1.71 bits per heavy atom. The minimum Gasteiger partial charge on any atom is -0.370 e. The number of carbonyl (C=O) groups excluding carboxylic acids is 2. The van der Waals surface area contributed by atoms with Crippen molar-refractivity contribution in [2.45, 2.75) is 31.9 Å². The number of hydroxylamine groups is 2. The Morgan fingerprint density at radius 2 is 2.43 bits per heavy atom. The van der Waals surface area contributed by atoms with Gasteiger partial charge in [0, 0.05) is 24.6 Å². The maximum Gasteiger partial charge on any atom is 0.332 e. The van der Waals surface area contributed by atoms with E-state index in [1.807, 2.05) is 0 Å². The second-order valence-corrected chi connectivity index (χ2v) is 3.79. The van der Waals surface area contributed by atoms with Crippen LogP contribution in [0.5, 0.6) is 0 Å². The first-order chi connectivity index (χ1) is 6.65. The molecule has 1 atom stereocenters. The van der Waals surface area contributed by atoms with Gasteiger partial charge in [-0.2, -0.15) is 0 Å². The summed E-state index contributed by atoms with van der Waals surface area (Å²) in [5.74, 6) is -0.830. The van der Waals surface area contributed by atoms with E-state index < -0.39 is 12.2 Å². The van der Waals surface area contributed by atoms with Crippen molar-refractivity contribution < 1.29 is 19.5 Å². The standard InChI is InChI=1S/C8H12BrNO4/c9-5-1-2-8(13)14-10-6(11)3-4-7(10)12/h6,11H,1-5H2. The van der Waals surface area contributed by atoms with E-state index in [-0.39, 0.29) is 18.7 Å². The van der Waals surface area contributed by atoms with Crippen LogP contribution in [0.2, 0.25) is 0 Å². The Balaban J connectivity index is 2.35. The lowest BCUT2D eigenvalue weighted by atomic mass is 10.3. The molecule has 0 spiro atoms. The lowest BCUT2D eigenvalue weighted by Gasteiger charge is -2.18. The number of hydrogen-bond acceptors (Lipinski definition) is 4. The Hall–Kier alpha value is -0.620. The third-order valence-electron chi connectivity index (χ3n) is 1.85. The minimum absolute atomic E-state index is 0.229. The summed E-state index contributed by atoms with van der Waals surface area (Å²) < 4.78 is 0. The molecular weight excluding hydrogens is 254 g/mol. The van der Waals surface area contributed by atoms with E-state index in [9.17, 15) is 14.7 Å². The predicted octanol–water partition coefficient (Wildman–Crippen LogP) is 0.560. The average molecular weight is 266 g/mol. The number of halogens is 1. The zero-order valence-electron chi connectivity index (χ0n) is 7.61. The van der Waals surface area contributed by atoms with Crippen LogP contribution >= 0.6 is 15.9 Å². The average Bonchev–Trinajstić information content (AvgIpc) is 2.46. The molecule has 14 heavy (non-hydrogen) atoms. The highest BCUT2D eigenvalue weighted by Gasteiger charge is 2.32. The van der Waals surface area contributed by atoms with Gasteiger partial charge in [0.1, 0.15) is 0 Å². The molecule has 0 aliphatic carbocycles. The van der Waals surface area contributed by atoms with Gasteiger partial charge in [-0.3, -0.25) is 4.79 Å². The van der Waals surface area contributed by atoms with E-state index >= 15 is 0 Å². The number of carbonyl (C=O) groups is 2. The molecule has 5 nitrogen and oxygen atoms in total. The van der Waals surface area contributed by atoms with E-state index in [4.69, 9.17) is 4.84 Å². The van der Waals surface area contributed by atoms with Crippen LogP contribution in [0, 0.1) is 0 Å². The molecule has 0 radical (unpaired) electrons. The molecule has 1 N–H and O–H groups in total. The van der Waals surface area contributed by atoms with Gasteiger partial charge >= 0.3 is 5.97 Å². The molecule has 1 aliphatic heterocycles. The number of rotatable bonds is 4. The van der Waals surface area contributed by atoms with Crippen molar-refractivity contribution in [3.05, 3.63) is 0 Å². The monoisotopic (exact) mass is 265 g/mol. The second-order valence-electron chi connectivity index (χ2n) is 2.99. The molecule has 0 aromatic carbocycles. The van der Waals surface area contributed by atoms with Crippen molar-refractivity contribution >= 4 is 27.8 Å². The topological polar surface area (TPSA) is 66.8 Å². The summed E-state index contributed by atoms with van der Waals surface area (Å²) in [6.45, 7) is 0. The Kier molecular flexibility index (Phi) is 4.34. The lowest BCUT2D eigenvalue weighted by Crippen LogP contribution is -2.35. The predicted molar refractivity (Wildman–Crippen MR) is 51.2 cm³/mol. The second kappa shape index (κ2) is 5.31. The molecule has 1 unspecified atom stereocenters. The number of hydrogen-bond donors (Lipinski definition) is 1. The van der Waals surface area contributed by atoms with Crippen molar-refractivity contribution in [2.75, 3.05) is 5.33 Å². The van der Waals surface area contributed by atoms with Crippen molar-refractivity contribution in [3.63, 3.8) is 0 Å². The molecule has 1 rings (SSSR count). The van der Waals surface area contributed by atoms with E-state index in [0.717, 1.165) is 5.06 Å². The molecule has 6 heteroatoms. The van der Waals surface area contributed by atoms with Gasteiger partial charge in [-0.15, -0.1) is 5.06 Å². The summed E-state index contributed by atoms with van der Waals surface area (Å²) in [4.78, 5) is 26.9. The normalized spacial score (nSPS) is 21.4. The zero-order valence-corrected chi connectivity index (χ0v) is 9.20. The smallest absolute Gasteiger partial charge is 0.332 e. The van der Waals surface area contributed by atoms with Crippen LogP contribution in [-0.4, -0.2) is 33.6 Å². The third-order valence-corrected chi connectivity index (χ3v) is 2.41. The maximum absolute atomic E-state index is 11.1. The Bertz CT molecular complexity index is 233. The van der Waals surface area contributed by atoms with Crippen LogP contribution in [0.1, 0.15) is 25.7 Å². The van der Waals surface area contributed by atoms with E-state index in [0.29, 0.717) is 18.2 Å². The fourth-order valence-corrected chi connectivity index (χ4v) is 1.40. The van der Waals surface area contributed by atoms with Gasteiger partial charge < -0.3 is 9.94 Å². The Morgan fingerprint density at radius 3 is 2.93 bits per heavy atom. The molecule has 1 heterocycles. The fraction of sp³-hybridized carbons (Fsp3) is 0.750. The SMILES string of the molecule is O=C(CCCBr)ON1C(=O)CCC1O. The number of nitrogens with zero attached hydrogens (tertiary/aromatic N) is 1. The highest BCUT2D eigenvalue weighted by molar-refractivity contribution is 9.09. The first-order valence-electron chi connectivity index (χ1n) is 4.42. The number of alkyl halides is 1. The molecule has 1 amide bonds. The highest BCUT2D eigenvalue weighted by Crippen LogP contribution is 2.17. The molecule has 80 valence electrons. The van der Waals surface area contributed by atoms with Gasteiger partial charge in [0.05, 0.1) is 0 Å². The zero-order chi connectivity index (χ0) is 10.6. The summed E-state index contributed by atoms with van der Waals surface area (Å²) in [5, 5.41) is 10.7. The largest absolute Gasteiger partial charge is 0.370 e. The van der Waals surface area contributed by atoms with Gasteiger partial charge in [0.25, 0.3) is 5.91 Å². The quantitative estimate of drug-likeness (QED) is 0.755. The van der Waals surface area contributed by atoms with E-state index in [1.165, 1.54) is 0 Å². The van der Waals surface area contributed by atoms with Crippen molar-refractivity contribution in [1.29, 1.82) is 0 Å². The minimum atomic E-state index is -0.976. The van der Waals surface area contributed by atoms with Crippen LogP contribution < -0.4 is 0 Å². The molecule has 1 saturated heterocycles. The van der Waals surface area contributed by atoms with Gasteiger partial charge in [0.2, 0.25) is 0 Å². The first-order valence-corrected chi connectivity index (χ1v) is 5.54. The van der Waals surface area contributed by atoms with Crippen molar-refractivity contribution in [3.8, 4) is 0 Å². The van der Waals surface area contributed by atoms with E-state index in [1.54, 1.807) is 0 Å². The van der Waals surface area contributed by atoms with E-state index in [2.05, 4.69) is 15.9 Å². The Labute approximate surface area is 90.1 Å². The molecule has 0 saturated carbocycles. The molecule has 0 aromatic heterocycles. The van der Waals surface area contributed by atoms with Crippen molar-refractivity contribution in [2.24, 2.45) is 0 Å². The molecule has 1 aliphatic rings. The number of aliphatic hydroxyl groups excluding tert-OH is 1. The molecule has 0 bridgehead atoms. The summed E-state index contributed by atoms with van der Waals surface area (Å²) in [6, 6.07) is 0. The van der Waals surface area contributed by atoms with Gasteiger partial charge in [0.15, 0.2) is 6.23 Å². The van der Waals surface area contributed by atoms with Crippen LogP contribution in [-0.2, 0) is 14.4 Å². The van der Waals surface area contributed by atoms with Crippen molar-refractivity contribution in [1.82, 2.24) is 5.06 Å².